The topological polar surface area (TPSA) is 81.4 Å². The Bertz CT molecular complexity index is 546. The van der Waals surface area contributed by atoms with Gasteiger partial charge in [-0.2, -0.15) is 0 Å². The van der Waals surface area contributed by atoms with E-state index in [4.69, 9.17) is 10.5 Å². The molecule has 2 rings (SSSR count). The number of nitrogens with two attached hydrogens (primary N) is 1. The molecule has 3 unspecified atom stereocenters. The molecule has 126 valence electrons. The van der Waals surface area contributed by atoms with Gasteiger partial charge in [0.1, 0.15) is 6.10 Å². The molecule has 1 aliphatic heterocycles. The molecule has 3 atom stereocenters. The lowest BCUT2D eigenvalue weighted by molar-refractivity contribution is -0.127. The lowest BCUT2D eigenvalue weighted by Crippen LogP contribution is -2.49. The van der Waals surface area contributed by atoms with E-state index in [1.165, 1.54) is 0 Å². The van der Waals surface area contributed by atoms with Gasteiger partial charge in [-0.05, 0) is 17.9 Å². The van der Waals surface area contributed by atoms with Crippen LogP contribution in [0.5, 0.6) is 0 Å². The van der Waals surface area contributed by atoms with Crippen LogP contribution in [-0.4, -0.2) is 24.6 Å². The molecule has 5 heteroatoms. The van der Waals surface area contributed by atoms with Crippen molar-refractivity contribution in [1.82, 2.24) is 5.32 Å². The summed E-state index contributed by atoms with van der Waals surface area (Å²) >= 11 is 0. The summed E-state index contributed by atoms with van der Waals surface area (Å²) in [5, 5.41) is 2.66. The van der Waals surface area contributed by atoms with Crippen molar-refractivity contribution in [3.63, 3.8) is 0 Å². The summed E-state index contributed by atoms with van der Waals surface area (Å²) < 4.78 is 5.30. The average molecular weight is 318 g/mol. The molecule has 1 aromatic carbocycles. The molecule has 3 N–H and O–H groups in total. The number of rotatable bonds is 8. The molecule has 1 aliphatic rings. The fourth-order valence-electron chi connectivity index (χ4n) is 3.75. The molecule has 1 fully saturated rings. The van der Waals surface area contributed by atoms with Gasteiger partial charge in [0, 0.05) is 6.42 Å². The predicted molar refractivity (Wildman–Crippen MR) is 88.9 cm³/mol. The maximum Gasteiger partial charge on any atom is 0.407 e. The minimum Gasteiger partial charge on any atom is -0.444 e. The highest BCUT2D eigenvalue weighted by Crippen LogP contribution is 2.42. The molecule has 0 aromatic heterocycles. The lowest BCUT2D eigenvalue weighted by Gasteiger charge is -2.39. The van der Waals surface area contributed by atoms with E-state index in [9.17, 15) is 9.59 Å². The van der Waals surface area contributed by atoms with Crippen LogP contribution in [-0.2, 0) is 14.9 Å². The van der Waals surface area contributed by atoms with Crippen molar-refractivity contribution in [2.45, 2.75) is 51.0 Å². The summed E-state index contributed by atoms with van der Waals surface area (Å²) in [5.74, 6) is -0.223. The Morgan fingerprint density at radius 2 is 2.09 bits per heavy atom. The van der Waals surface area contributed by atoms with E-state index in [1.807, 2.05) is 30.3 Å². The molecule has 1 aromatic rings. The minimum absolute atomic E-state index is 0.117. The van der Waals surface area contributed by atoms with Crippen LogP contribution in [0.15, 0.2) is 30.3 Å². The van der Waals surface area contributed by atoms with Gasteiger partial charge in [0.2, 0.25) is 5.91 Å². The molecule has 23 heavy (non-hydrogen) atoms. The third-order valence-electron chi connectivity index (χ3n) is 4.85. The monoisotopic (exact) mass is 318 g/mol. The summed E-state index contributed by atoms with van der Waals surface area (Å²) in [4.78, 5) is 24.0. The van der Waals surface area contributed by atoms with Crippen LogP contribution < -0.4 is 11.1 Å². The van der Waals surface area contributed by atoms with Crippen LogP contribution in [0.2, 0.25) is 0 Å². The van der Waals surface area contributed by atoms with Crippen molar-refractivity contribution in [3.8, 4) is 0 Å². The van der Waals surface area contributed by atoms with E-state index >= 15 is 0 Å². The highest BCUT2D eigenvalue weighted by Gasteiger charge is 2.47. The summed E-state index contributed by atoms with van der Waals surface area (Å²) in [6, 6.07) is 9.67. The van der Waals surface area contributed by atoms with Gasteiger partial charge in [0.15, 0.2) is 0 Å². The number of amides is 2. The number of benzene rings is 1. The maximum atomic E-state index is 12.6. The smallest absolute Gasteiger partial charge is 0.407 e. The van der Waals surface area contributed by atoms with Crippen LogP contribution in [0.3, 0.4) is 0 Å². The van der Waals surface area contributed by atoms with E-state index in [-0.39, 0.29) is 17.9 Å². The zero-order chi connectivity index (χ0) is 16.9. The minimum atomic E-state index is -0.816. The number of carbonyl (C=O) groups excluding carboxylic acids is 2. The van der Waals surface area contributed by atoms with Gasteiger partial charge in [-0.25, -0.2) is 4.79 Å². The second-order valence-corrected chi connectivity index (χ2v) is 6.21. The first kappa shape index (κ1) is 17.3. The van der Waals surface area contributed by atoms with Crippen LogP contribution in [0.4, 0.5) is 4.79 Å². The van der Waals surface area contributed by atoms with E-state index in [2.05, 4.69) is 19.2 Å². The zero-order valence-corrected chi connectivity index (χ0v) is 13.9. The first-order chi connectivity index (χ1) is 11.0. The number of alkyl carbamates (subject to hydrolysis) is 1. The van der Waals surface area contributed by atoms with Crippen LogP contribution in [0.25, 0.3) is 0 Å². The Morgan fingerprint density at radius 3 is 2.57 bits per heavy atom. The molecular formula is C18H26N2O3. The Balaban J connectivity index is 2.45. The van der Waals surface area contributed by atoms with Gasteiger partial charge in [0.05, 0.1) is 12.0 Å². The molecular weight excluding hydrogens is 292 g/mol. The van der Waals surface area contributed by atoms with Gasteiger partial charge in [0.25, 0.3) is 0 Å². The molecule has 0 saturated carbocycles. The quantitative estimate of drug-likeness (QED) is 0.773. The van der Waals surface area contributed by atoms with Gasteiger partial charge >= 0.3 is 6.09 Å². The average Bonchev–Trinajstić information content (AvgIpc) is 2.96. The predicted octanol–water partition coefficient (Wildman–Crippen LogP) is 2.73. The molecule has 0 radical (unpaired) electrons. The molecule has 1 saturated heterocycles. The Kier molecular flexibility index (Phi) is 5.64. The molecule has 2 amide bonds. The number of carbonyl (C=O) groups is 2. The number of hydrogen-bond acceptors (Lipinski definition) is 3. The summed E-state index contributed by atoms with van der Waals surface area (Å²) in [6.45, 7) is 4.61. The number of hydrogen-bond donors (Lipinski definition) is 2. The highest BCUT2D eigenvalue weighted by atomic mass is 16.6. The number of ether oxygens (including phenoxy) is 1. The van der Waals surface area contributed by atoms with Gasteiger partial charge < -0.3 is 15.8 Å². The van der Waals surface area contributed by atoms with Crippen molar-refractivity contribution < 1.29 is 14.3 Å². The van der Waals surface area contributed by atoms with Crippen LogP contribution in [0.1, 0.15) is 45.1 Å². The Morgan fingerprint density at radius 1 is 1.39 bits per heavy atom. The molecule has 0 bridgehead atoms. The third-order valence-corrected chi connectivity index (χ3v) is 4.85. The first-order valence-electron chi connectivity index (χ1n) is 8.34. The standard InChI is InChI=1S/C18H26N2O3/c1-3-8-13(4-2)18(16(19)21,14-9-6-5-7-10-14)11-15-12-20-17(22)23-15/h5-7,9-10,13,15H,3-4,8,11-12H2,1-2H3,(H2,19,21)(H,20,22). The largest absolute Gasteiger partial charge is 0.444 e. The van der Waals surface area contributed by atoms with Crippen LogP contribution >= 0.6 is 0 Å². The Labute approximate surface area is 137 Å². The molecule has 1 heterocycles. The first-order valence-corrected chi connectivity index (χ1v) is 8.34. The number of cyclic esters (lactones) is 1. The maximum absolute atomic E-state index is 12.6. The normalized spacial score (nSPS) is 21.1. The van der Waals surface area contributed by atoms with Crippen molar-refractivity contribution in [2.24, 2.45) is 11.7 Å². The summed E-state index contributed by atoms with van der Waals surface area (Å²) in [7, 11) is 0. The van der Waals surface area contributed by atoms with Crippen molar-refractivity contribution in [3.05, 3.63) is 35.9 Å². The SMILES string of the molecule is CCCC(CC)C(CC1CNC(=O)O1)(C(N)=O)c1ccccc1. The second-order valence-electron chi connectivity index (χ2n) is 6.21. The Hall–Kier alpha value is -2.04. The van der Waals surface area contributed by atoms with E-state index < -0.39 is 11.5 Å². The number of primary amides is 1. The van der Waals surface area contributed by atoms with Crippen LogP contribution in [0, 0.1) is 5.92 Å². The third kappa shape index (κ3) is 3.49. The van der Waals surface area contributed by atoms with Crippen molar-refractivity contribution >= 4 is 12.0 Å². The van der Waals surface area contributed by atoms with Crippen molar-refractivity contribution in [1.29, 1.82) is 0 Å². The summed E-state index contributed by atoms with van der Waals surface area (Å²) in [5.41, 5.74) is 6.02. The molecule has 5 nitrogen and oxygen atoms in total. The fraction of sp³-hybridized carbons (Fsp3) is 0.556. The van der Waals surface area contributed by atoms with E-state index in [0.717, 1.165) is 24.8 Å². The van der Waals surface area contributed by atoms with Gasteiger partial charge in [-0.15, -0.1) is 0 Å². The zero-order valence-electron chi connectivity index (χ0n) is 13.9. The highest BCUT2D eigenvalue weighted by molar-refractivity contribution is 5.87. The van der Waals surface area contributed by atoms with Gasteiger partial charge in [-0.3, -0.25) is 4.79 Å². The van der Waals surface area contributed by atoms with Crippen molar-refractivity contribution in [2.75, 3.05) is 6.54 Å². The number of nitrogens with one attached hydrogen (secondary N) is 1. The van der Waals surface area contributed by atoms with E-state index in [0.29, 0.717) is 13.0 Å². The second kappa shape index (κ2) is 7.49. The fourth-order valence-corrected chi connectivity index (χ4v) is 3.75. The lowest BCUT2D eigenvalue weighted by atomic mass is 9.64. The van der Waals surface area contributed by atoms with Gasteiger partial charge in [-0.1, -0.05) is 57.0 Å². The van der Waals surface area contributed by atoms with E-state index in [1.54, 1.807) is 0 Å². The molecule has 0 aliphatic carbocycles. The molecule has 0 spiro atoms. The summed E-state index contributed by atoms with van der Waals surface area (Å²) in [6.07, 6.45) is 2.39.